The second-order valence-electron chi connectivity index (χ2n) is 11.5. The first kappa shape index (κ1) is 28.7. The van der Waals surface area contributed by atoms with Crippen molar-refractivity contribution >= 4 is 44.1 Å². The standard InChI is InChI=1S/C29H35F2N7O2S/c1-29(2,3)41(39,40)35-20-7-6-8-23(15-20)38-14-9-19-18-32-28(34-27(19)38)33-21-16-24(30)26(25(31)17-21)37-12-10-22(11-13-37)36(4)5/h6-9,14-18,22,35H,10-13H2,1-5H3,(H,32,33,34). The third-order valence-electron chi connectivity index (χ3n) is 7.39. The highest BCUT2D eigenvalue weighted by Gasteiger charge is 2.29. The number of hydrogen-bond donors (Lipinski definition) is 2. The molecule has 4 aromatic rings. The Morgan fingerprint density at radius 3 is 2.32 bits per heavy atom. The van der Waals surface area contributed by atoms with Crippen LogP contribution in [-0.4, -0.2) is 65.8 Å². The molecule has 218 valence electrons. The van der Waals surface area contributed by atoms with E-state index in [4.69, 9.17) is 0 Å². The van der Waals surface area contributed by atoms with Gasteiger partial charge in [-0.3, -0.25) is 4.72 Å². The van der Waals surface area contributed by atoms with Gasteiger partial charge in [-0.15, -0.1) is 0 Å². The van der Waals surface area contributed by atoms with E-state index in [1.54, 1.807) is 60.8 Å². The predicted molar refractivity (Wildman–Crippen MR) is 160 cm³/mol. The van der Waals surface area contributed by atoms with Gasteiger partial charge in [-0.2, -0.15) is 4.98 Å². The van der Waals surface area contributed by atoms with Crippen LogP contribution in [0.25, 0.3) is 16.7 Å². The number of fused-ring (bicyclic) bond motifs is 1. The molecule has 1 aliphatic heterocycles. The third-order valence-corrected chi connectivity index (χ3v) is 9.51. The first-order valence-electron chi connectivity index (χ1n) is 13.5. The Kier molecular flexibility index (Phi) is 7.64. The van der Waals surface area contributed by atoms with Gasteiger partial charge in [-0.25, -0.2) is 22.2 Å². The zero-order valence-electron chi connectivity index (χ0n) is 23.8. The summed E-state index contributed by atoms with van der Waals surface area (Å²) in [5.41, 5.74) is 1.82. The van der Waals surface area contributed by atoms with Crippen molar-refractivity contribution in [3.63, 3.8) is 0 Å². The van der Waals surface area contributed by atoms with Gasteiger partial charge >= 0.3 is 0 Å². The maximum Gasteiger partial charge on any atom is 0.237 e. The van der Waals surface area contributed by atoms with E-state index in [2.05, 4.69) is 24.9 Å². The van der Waals surface area contributed by atoms with Crippen LogP contribution in [0.4, 0.5) is 31.8 Å². The lowest BCUT2D eigenvalue weighted by atomic mass is 10.0. The van der Waals surface area contributed by atoms with E-state index in [0.717, 1.165) is 18.2 Å². The molecular formula is C29H35F2N7O2S. The summed E-state index contributed by atoms with van der Waals surface area (Å²) < 4.78 is 59.0. The van der Waals surface area contributed by atoms with E-state index < -0.39 is 26.4 Å². The number of hydrogen-bond acceptors (Lipinski definition) is 7. The fourth-order valence-corrected chi connectivity index (χ4v) is 5.63. The second kappa shape index (κ2) is 10.9. The molecule has 0 aliphatic carbocycles. The van der Waals surface area contributed by atoms with Crippen LogP contribution >= 0.6 is 0 Å². The molecule has 1 fully saturated rings. The SMILES string of the molecule is CN(C)C1CCN(c2c(F)cc(Nc3ncc4ccn(-c5cccc(NS(=O)(=O)C(C)(C)C)c5)c4n3)cc2F)CC1. The van der Waals surface area contributed by atoms with E-state index in [1.165, 1.54) is 12.1 Å². The van der Waals surface area contributed by atoms with Crippen molar-refractivity contribution in [2.75, 3.05) is 42.1 Å². The average Bonchev–Trinajstić information content (AvgIpc) is 3.31. The molecule has 2 aromatic carbocycles. The van der Waals surface area contributed by atoms with Crippen LogP contribution in [0, 0.1) is 11.6 Å². The molecule has 2 aromatic heterocycles. The monoisotopic (exact) mass is 583 g/mol. The minimum atomic E-state index is -3.60. The number of aromatic nitrogens is 3. The van der Waals surface area contributed by atoms with Crippen molar-refractivity contribution in [1.29, 1.82) is 0 Å². The normalized spacial score (nSPS) is 15.1. The fraction of sp³-hybridized carbons (Fsp3) is 0.379. The summed E-state index contributed by atoms with van der Waals surface area (Å²) in [5, 5.41) is 3.67. The number of nitrogens with zero attached hydrogens (tertiary/aromatic N) is 5. The molecule has 12 heteroatoms. The van der Waals surface area contributed by atoms with E-state index in [0.29, 0.717) is 36.2 Å². The zero-order chi connectivity index (χ0) is 29.5. The molecular weight excluding hydrogens is 548 g/mol. The van der Waals surface area contributed by atoms with Crippen molar-refractivity contribution in [2.24, 2.45) is 0 Å². The first-order chi connectivity index (χ1) is 19.3. The summed E-state index contributed by atoms with van der Waals surface area (Å²) in [5.74, 6) is -1.12. The molecule has 1 aliphatic rings. The van der Waals surface area contributed by atoms with Crippen LogP contribution in [0.15, 0.2) is 54.9 Å². The maximum absolute atomic E-state index is 15.1. The topological polar surface area (TPSA) is 95.4 Å². The molecule has 0 atom stereocenters. The van der Waals surface area contributed by atoms with Crippen LogP contribution in [0.5, 0.6) is 0 Å². The zero-order valence-corrected chi connectivity index (χ0v) is 24.6. The van der Waals surface area contributed by atoms with E-state index in [1.807, 2.05) is 26.2 Å². The van der Waals surface area contributed by atoms with Crippen LogP contribution < -0.4 is 14.9 Å². The molecule has 0 saturated carbocycles. The number of anilines is 4. The Morgan fingerprint density at radius 1 is 1.00 bits per heavy atom. The van der Waals surface area contributed by atoms with E-state index in [9.17, 15) is 8.42 Å². The number of sulfonamides is 1. The number of piperidine rings is 1. The molecule has 0 unspecified atom stereocenters. The van der Waals surface area contributed by atoms with Gasteiger partial charge < -0.3 is 19.7 Å². The predicted octanol–water partition coefficient (Wildman–Crippen LogP) is 5.51. The Labute approximate surface area is 239 Å². The molecule has 0 amide bonds. The van der Waals surface area contributed by atoms with Crippen LogP contribution in [0.3, 0.4) is 0 Å². The van der Waals surface area contributed by atoms with Gasteiger partial charge in [-0.1, -0.05) is 6.07 Å². The smallest absolute Gasteiger partial charge is 0.237 e. The number of halogens is 2. The molecule has 41 heavy (non-hydrogen) atoms. The first-order valence-corrected chi connectivity index (χ1v) is 14.9. The van der Waals surface area contributed by atoms with Gasteiger partial charge in [0, 0.05) is 48.3 Å². The van der Waals surface area contributed by atoms with Crippen LogP contribution in [0.1, 0.15) is 33.6 Å². The molecule has 3 heterocycles. The van der Waals surface area contributed by atoms with Gasteiger partial charge in [0.2, 0.25) is 16.0 Å². The summed E-state index contributed by atoms with van der Waals surface area (Å²) in [4.78, 5) is 12.8. The molecule has 9 nitrogen and oxygen atoms in total. The lowest BCUT2D eigenvalue weighted by Gasteiger charge is -2.36. The summed E-state index contributed by atoms with van der Waals surface area (Å²) in [6.45, 7) is 6.05. The van der Waals surface area contributed by atoms with Crippen molar-refractivity contribution in [3.05, 3.63) is 66.5 Å². The van der Waals surface area contributed by atoms with Crippen molar-refractivity contribution < 1.29 is 17.2 Å². The molecule has 1 saturated heterocycles. The molecule has 5 rings (SSSR count). The van der Waals surface area contributed by atoms with Crippen molar-refractivity contribution in [3.8, 4) is 5.69 Å². The molecule has 0 radical (unpaired) electrons. The molecule has 0 bridgehead atoms. The fourth-order valence-electron chi connectivity index (χ4n) is 4.89. The highest BCUT2D eigenvalue weighted by molar-refractivity contribution is 7.94. The molecule has 0 spiro atoms. The quantitative estimate of drug-likeness (QED) is 0.296. The van der Waals surface area contributed by atoms with Crippen molar-refractivity contribution in [1.82, 2.24) is 19.4 Å². The van der Waals surface area contributed by atoms with Crippen LogP contribution in [0.2, 0.25) is 0 Å². The van der Waals surface area contributed by atoms with Gasteiger partial charge in [0.05, 0.1) is 10.4 Å². The van der Waals surface area contributed by atoms with Crippen molar-refractivity contribution in [2.45, 2.75) is 44.4 Å². The molecule has 2 N–H and O–H groups in total. The lowest BCUT2D eigenvalue weighted by molar-refractivity contribution is 0.249. The summed E-state index contributed by atoms with van der Waals surface area (Å²) >= 11 is 0. The minimum Gasteiger partial charge on any atom is -0.367 e. The minimum absolute atomic E-state index is 0.0139. The number of nitrogens with one attached hydrogen (secondary N) is 2. The Balaban J connectivity index is 1.38. The summed E-state index contributed by atoms with van der Waals surface area (Å²) in [6.07, 6.45) is 5.09. The largest absolute Gasteiger partial charge is 0.367 e. The Morgan fingerprint density at radius 2 is 1.68 bits per heavy atom. The Bertz CT molecular complexity index is 1650. The Hall–Kier alpha value is -3.77. The van der Waals surface area contributed by atoms with Gasteiger partial charge in [0.15, 0.2) is 11.6 Å². The van der Waals surface area contributed by atoms with E-state index in [-0.39, 0.29) is 17.3 Å². The third kappa shape index (κ3) is 5.98. The lowest BCUT2D eigenvalue weighted by Crippen LogP contribution is -2.42. The highest BCUT2D eigenvalue weighted by Crippen LogP contribution is 2.31. The highest BCUT2D eigenvalue weighted by atomic mass is 32.2. The van der Waals surface area contributed by atoms with Gasteiger partial charge in [-0.05, 0) is 84.1 Å². The second-order valence-corrected chi connectivity index (χ2v) is 14.0. The van der Waals surface area contributed by atoms with E-state index >= 15 is 8.78 Å². The number of rotatable bonds is 7. The number of benzene rings is 2. The van der Waals surface area contributed by atoms with Crippen LogP contribution in [-0.2, 0) is 10.0 Å². The van der Waals surface area contributed by atoms with Gasteiger partial charge in [0.25, 0.3) is 0 Å². The van der Waals surface area contributed by atoms with Gasteiger partial charge in [0.1, 0.15) is 11.3 Å². The summed E-state index contributed by atoms with van der Waals surface area (Å²) in [6, 6.07) is 11.7. The maximum atomic E-state index is 15.1. The average molecular weight is 584 g/mol. The summed E-state index contributed by atoms with van der Waals surface area (Å²) in [7, 11) is 0.438.